The topological polar surface area (TPSA) is 55.4 Å². The second-order valence-electron chi connectivity index (χ2n) is 15.6. The lowest BCUT2D eigenvalue weighted by Crippen LogP contribution is -2.45. The minimum atomic E-state index is -1.52. The number of rotatable bonds is 4. The van der Waals surface area contributed by atoms with E-state index in [9.17, 15) is 0 Å². The van der Waals surface area contributed by atoms with Gasteiger partial charge in [-0.1, -0.05) is 107 Å². The normalized spacial score (nSPS) is 24.4. The summed E-state index contributed by atoms with van der Waals surface area (Å²) < 4.78 is 37.1. The summed E-state index contributed by atoms with van der Waals surface area (Å²) in [5.41, 5.74) is 4.44. The van der Waals surface area contributed by atoms with Crippen LogP contribution >= 0.6 is 17.2 Å². The fraction of sp³-hybridized carbons (Fsp3) is 0.636. The van der Waals surface area contributed by atoms with Gasteiger partial charge in [0.05, 0.1) is 31.8 Å². The SMILES string of the molecule is CC(C)(C)c1ccc(O[P@]2OCC3(CO[P@@](Oc4ccc(C(C)(C)C)cc4C(C)(C)C)OC3)CO2)c(C(C)(C)C)c1. The highest BCUT2D eigenvalue weighted by molar-refractivity contribution is 7.42. The van der Waals surface area contributed by atoms with Crippen molar-refractivity contribution in [1.82, 2.24) is 0 Å². The lowest BCUT2D eigenvalue weighted by atomic mass is 9.80. The molecule has 0 unspecified atom stereocenters. The zero-order chi connectivity index (χ0) is 30.4. The average molecular weight is 605 g/mol. The molecule has 228 valence electrons. The molecular formula is C33H50O6P2. The van der Waals surface area contributed by atoms with Crippen LogP contribution in [0.2, 0.25) is 0 Å². The number of benzene rings is 2. The van der Waals surface area contributed by atoms with Crippen LogP contribution in [0.4, 0.5) is 0 Å². The van der Waals surface area contributed by atoms with Gasteiger partial charge in [-0.05, 0) is 44.9 Å². The molecule has 1 spiro atoms. The molecule has 0 aromatic heterocycles. The summed E-state index contributed by atoms with van der Waals surface area (Å²) in [4.78, 5) is 0. The highest BCUT2D eigenvalue weighted by Crippen LogP contribution is 2.54. The molecular weight excluding hydrogens is 554 g/mol. The van der Waals surface area contributed by atoms with E-state index in [2.05, 4.69) is 119 Å². The summed E-state index contributed by atoms with van der Waals surface area (Å²) in [7, 11) is -3.04. The van der Waals surface area contributed by atoms with Crippen LogP contribution in [0.3, 0.4) is 0 Å². The maximum atomic E-state index is 6.31. The second kappa shape index (κ2) is 11.7. The van der Waals surface area contributed by atoms with Gasteiger partial charge in [-0.2, -0.15) is 0 Å². The molecule has 0 aliphatic carbocycles. The molecule has 2 heterocycles. The molecule has 41 heavy (non-hydrogen) atoms. The summed E-state index contributed by atoms with van der Waals surface area (Å²) in [6, 6.07) is 12.9. The zero-order valence-corrected chi connectivity index (χ0v) is 28.9. The van der Waals surface area contributed by atoms with Gasteiger partial charge in [0.2, 0.25) is 0 Å². The first-order valence-electron chi connectivity index (χ1n) is 14.5. The van der Waals surface area contributed by atoms with Crippen LogP contribution in [0.25, 0.3) is 0 Å². The monoisotopic (exact) mass is 604 g/mol. The molecule has 0 amide bonds. The molecule has 8 heteroatoms. The quantitative estimate of drug-likeness (QED) is 0.324. The van der Waals surface area contributed by atoms with Crippen molar-refractivity contribution < 1.29 is 27.1 Å². The van der Waals surface area contributed by atoms with E-state index < -0.39 is 17.2 Å². The van der Waals surface area contributed by atoms with E-state index in [1.807, 2.05) is 0 Å². The highest BCUT2D eigenvalue weighted by Gasteiger charge is 2.45. The number of hydrogen-bond donors (Lipinski definition) is 0. The Morgan fingerprint density at radius 2 is 0.829 bits per heavy atom. The van der Waals surface area contributed by atoms with Gasteiger partial charge in [-0.15, -0.1) is 0 Å². The van der Waals surface area contributed by atoms with E-state index in [-0.39, 0.29) is 27.1 Å². The standard InChI is InChI=1S/C33H50O6P2/c1-29(2,3)23-13-15-27(25(17-23)31(7,8)9)38-40-34-19-33(20-35-40)21-36-41(37-22-33)39-28-16-14-24(30(4,5)6)18-26(28)32(10,11)12/h13-18H,19-22H2,1-12H3/t33?,40-,41-. The Kier molecular flexibility index (Phi) is 9.30. The molecule has 2 aliphatic rings. The maximum Gasteiger partial charge on any atom is 0.397 e. The van der Waals surface area contributed by atoms with Gasteiger partial charge in [-0.25, -0.2) is 0 Å². The maximum absolute atomic E-state index is 6.31. The third-order valence-corrected chi connectivity index (χ3v) is 9.61. The summed E-state index contributed by atoms with van der Waals surface area (Å²) in [5, 5.41) is 0. The zero-order valence-electron chi connectivity index (χ0n) is 27.1. The minimum absolute atomic E-state index is 0.0579. The highest BCUT2D eigenvalue weighted by atomic mass is 31.2. The summed E-state index contributed by atoms with van der Waals surface area (Å²) >= 11 is 0. The average Bonchev–Trinajstić information content (AvgIpc) is 2.85. The molecule has 2 saturated heterocycles. The lowest BCUT2D eigenvalue weighted by molar-refractivity contribution is -0.0673. The summed E-state index contributed by atoms with van der Waals surface area (Å²) in [6.07, 6.45) is 0. The molecule has 0 radical (unpaired) electrons. The minimum Gasteiger partial charge on any atom is -0.426 e. The van der Waals surface area contributed by atoms with Crippen molar-refractivity contribution in [1.29, 1.82) is 0 Å². The predicted octanol–water partition coefficient (Wildman–Crippen LogP) is 9.87. The third-order valence-electron chi connectivity index (χ3n) is 7.56. The Bertz CT molecular complexity index is 1100. The van der Waals surface area contributed by atoms with Gasteiger partial charge >= 0.3 is 17.2 Å². The van der Waals surface area contributed by atoms with Crippen LogP contribution < -0.4 is 9.05 Å². The van der Waals surface area contributed by atoms with E-state index in [0.717, 1.165) is 22.6 Å². The first kappa shape index (κ1) is 32.6. The van der Waals surface area contributed by atoms with Crippen LogP contribution in [0, 0.1) is 5.41 Å². The molecule has 2 fully saturated rings. The Morgan fingerprint density at radius 3 is 1.10 bits per heavy atom. The molecule has 0 atom stereocenters. The third kappa shape index (κ3) is 8.02. The molecule has 2 aromatic carbocycles. The summed E-state index contributed by atoms with van der Waals surface area (Å²) in [6.45, 7) is 28.3. The molecule has 6 nitrogen and oxygen atoms in total. The number of hydrogen-bond acceptors (Lipinski definition) is 6. The van der Waals surface area contributed by atoms with Crippen molar-refractivity contribution in [2.75, 3.05) is 26.4 Å². The van der Waals surface area contributed by atoms with Gasteiger partial charge in [0.1, 0.15) is 11.5 Å². The van der Waals surface area contributed by atoms with Crippen molar-refractivity contribution in [3.8, 4) is 11.5 Å². The molecule has 0 saturated carbocycles. The van der Waals surface area contributed by atoms with Crippen molar-refractivity contribution in [2.24, 2.45) is 5.41 Å². The Labute approximate surface area is 250 Å². The largest absolute Gasteiger partial charge is 0.426 e. The first-order valence-corrected chi connectivity index (χ1v) is 16.7. The predicted molar refractivity (Wildman–Crippen MR) is 169 cm³/mol. The molecule has 4 rings (SSSR count). The van der Waals surface area contributed by atoms with Crippen LogP contribution in [-0.2, 0) is 39.8 Å². The van der Waals surface area contributed by atoms with Crippen LogP contribution in [0.5, 0.6) is 11.5 Å². The Hall–Kier alpha value is -1.26. The van der Waals surface area contributed by atoms with Gasteiger partial charge in [0.25, 0.3) is 0 Å². The molecule has 2 aromatic rings. The van der Waals surface area contributed by atoms with Gasteiger partial charge < -0.3 is 27.1 Å². The van der Waals surface area contributed by atoms with Gasteiger partial charge in [0.15, 0.2) is 0 Å². The van der Waals surface area contributed by atoms with Crippen molar-refractivity contribution >= 4 is 17.2 Å². The van der Waals surface area contributed by atoms with Crippen molar-refractivity contribution in [2.45, 2.75) is 105 Å². The van der Waals surface area contributed by atoms with Crippen LogP contribution in [0.15, 0.2) is 36.4 Å². The van der Waals surface area contributed by atoms with Crippen molar-refractivity contribution in [3.63, 3.8) is 0 Å². The summed E-state index contributed by atoms with van der Waals surface area (Å²) in [5.74, 6) is 1.63. The van der Waals surface area contributed by atoms with Gasteiger partial charge in [-0.3, -0.25) is 0 Å². The first-order chi connectivity index (χ1) is 18.8. The van der Waals surface area contributed by atoms with E-state index in [0.29, 0.717) is 26.4 Å². The lowest BCUT2D eigenvalue weighted by Gasteiger charge is -2.41. The molecule has 2 aliphatic heterocycles. The van der Waals surface area contributed by atoms with Crippen LogP contribution in [0.1, 0.15) is 105 Å². The molecule has 0 N–H and O–H groups in total. The smallest absolute Gasteiger partial charge is 0.397 e. The Balaban J connectivity index is 1.37. The molecule has 0 bridgehead atoms. The second-order valence-corrected chi connectivity index (χ2v) is 17.9. The van der Waals surface area contributed by atoms with E-state index in [1.165, 1.54) is 11.1 Å². The fourth-order valence-electron chi connectivity index (χ4n) is 4.67. The van der Waals surface area contributed by atoms with E-state index in [4.69, 9.17) is 27.1 Å². The van der Waals surface area contributed by atoms with E-state index >= 15 is 0 Å². The van der Waals surface area contributed by atoms with Gasteiger partial charge in [0, 0.05) is 11.1 Å². The Morgan fingerprint density at radius 1 is 0.512 bits per heavy atom. The van der Waals surface area contributed by atoms with Crippen molar-refractivity contribution in [3.05, 3.63) is 58.7 Å². The van der Waals surface area contributed by atoms with E-state index in [1.54, 1.807) is 0 Å². The fourth-order valence-corrected chi connectivity index (χ4v) is 7.19. The van der Waals surface area contributed by atoms with Crippen LogP contribution in [-0.4, -0.2) is 26.4 Å².